The van der Waals surface area contributed by atoms with Crippen LogP contribution in [0, 0.1) is 16.0 Å². The molecule has 3 rings (SSSR count). The third-order valence-corrected chi connectivity index (χ3v) is 6.06. The molecule has 0 radical (unpaired) electrons. The van der Waals surface area contributed by atoms with E-state index in [1.54, 1.807) is 6.20 Å². The summed E-state index contributed by atoms with van der Waals surface area (Å²) >= 11 is 0. The highest BCUT2D eigenvalue weighted by molar-refractivity contribution is 7.89. The summed E-state index contributed by atoms with van der Waals surface area (Å²) in [6, 6.07) is 3.91. The Morgan fingerprint density at radius 1 is 1.44 bits per heavy atom. The summed E-state index contributed by atoms with van der Waals surface area (Å²) in [7, 11) is -3.75. The Bertz CT molecular complexity index is 866. The fraction of sp³-hybridized carbons (Fsp3) is 0.400. The molecule has 1 fully saturated rings. The molecule has 0 saturated carbocycles. The van der Waals surface area contributed by atoms with Crippen molar-refractivity contribution in [3.8, 4) is 0 Å². The van der Waals surface area contributed by atoms with Crippen LogP contribution in [0.2, 0.25) is 0 Å². The first-order valence-corrected chi connectivity index (χ1v) is 9.36. The number of benzene rings is 1. The monoisotopic (exact) mass is 365 g/mol. The Morgan fingerprint density at radius 2 is 2.24 bits per heavy atom. The predicted molar refractivity (Wildman–Crippen MR) is 92.1 cm³/mol. The molecule has 1 saturated heterocycles. The number of aromatic nitrogens is 2. The van der Waals surface area contributed by atoms with E-state index >= 15 is 0 Å². The second-order valence-corrected chi connectivity index (χ2v) is 8.10. The minimum atomic E-state index is -3.75. The summed E-state index contributed by atoms with van der Waals surface area (Å²) in [5.41, 5.74) is 0.452. The largest absolute Gasteiger partial charge is 0.347 e. The molecule has 0 spiro atoms. The molecular formula is C15H19N5O4S. The SMILES string of the molecule is C[C@@H]1CCCN(S(=O)(=O)c2ccc(Nc3cn[nH]c3)c([N+](=O)[O-])c2)C1. The number of rotatable bonds is 5. The van der Waals surface area contributed by atoms with Crippen LogP contribution < -0.4 is 5.32 Å². The third-order valence-electron chi connectivity index (χ3n) is 4.20. The molecule has 0 aliphatic carbocycles. The lowest BCUT2D eigenvalue weighted by Gasteiger charge is -2.30. The average Bonchev–Trinajstić information content (AvgIpc) is 3.08. The van der Waals surface area contributed by atoms with Gasteiger partial charge in [-0.2, -0.15) is 9.40 Å². The number of sulfonamides is 1. The molecule has 0 amide bonds. The summed E-state index contributed by atoms with van der Waals surface area (Å²) in [4.78, 5) is 10.7. The number of nitro groups is 1. The topological polar surface area (TPSA) is 121 Å². The van der Waals surface area contributed by atoms with Crippen LogP contribution in [0.25, 0.3) is 0 Å². The standard InChI is InChI=1S/C15H19N5O4S/c1-11-3-2-6-19(10-11)25(23,24)13-4-5-14(15(7-13)20(21)22)18-12-8-16-17-9-12/h4-5,7-9,11,18H,2-3,6,10H2,1H3,(H,16,17)/t11-/m1/s1. The van der Waals surface area contributed by atoms with E-state index in [0.717, 1.165) is 18.9 Å². The number of nitrogens with one attached hydrogen (secondary N) is 2. The molecule has 9 nitrogen and oxygen atoms in total. The van der Waals surface area contributed by atoms with Gasteiger partial charge in [-0.15, -0.1) is 0 Å². The number of hydrogen-bond acceptors (Lipinski definition) is 6. The number of aromatic amines is 1. The molecule has 25 heavy (non-hydrogen) atoms. The van der Waals surface area contributed by atoms with Crippen LogP contribution in [0.5, 0.6) is 0 Å². The van der Waals surface area contributed by atoms with E-state index in [2.05, 4.69) is 15.5 Å². The molecule has 1 aromatic heterocycles. The number of hydrogen-bond donors (Lipinski definition) is 2. The van der Waals surface area contributed by atoms with Gasteiger partial charge in [0.2, 0.25) is 10.0 Å². The minimum Gasteiger partial charge on any atom is -0.347 e. The lowest BCUT2D eigenvalue weighted by atomic mass is 10.0. The lowest BCUT2D eigenvalue weighted by Crippen LogP contribution is -2.39. The zero-order valence-electron chi connectivity index (χ0n) is 13.7. The summed E-state index contributed by atoms with van der Waals surface area (Å²) in [5.74, 6) is 0.278. The Morgan fingerprint density at radius 3 is 2.88 bits per heavy atom. The molecule has 2 N–H and O–H groups in total. The van der Waals surface area contributed by atoms with Gasteiger partial charge in [0, 0.05) is 25.4 Å². The maximum atomic E-state index is 12.8. The summed E-state index contributed by atoms with van der Waals surface area (Å²) in [6.07, 6.45) is 4.80. The number of nitrogens with zero attached hydrogens (tertiary/aromatic N) is 3. The highest BCUT2D eigenvalue weighted by Crippen LogP contribution is 2.32. The van der Waals surface area contributed by atoms with E-state index in [4.69, 9.17) is 0 Å². The first-order chi connectivity index (χ1) is 11.9. The molecule has 10 heteroatoms. The fourth-order valence-corrected chi connectivity index (χ4v) is 4.54. The maximum Gasteiger partial charge on any atom is 0.294 e. The Kier molecular flexibility index (Phi) is 4.73. The van der Waals surface area contributed by atoms with Crippen LogP contribution in [0.1, 0.15) is 19.8 Å². The van der Waals surface area contributed by atoms with Gasteiger partial charge in [0.25, 0.3) is 5.69 Å². The number of H-pyrrole nitrogens is 1. The van der Waals surface area contributed by atoms with Gasteiger partial charge in [-0.3, -0.25) is 15.2 Å². The Labute approximate surface area is 145 Å². The van der Waals surface area contributed by atoms with E-state index in [0.29, 0.717) is 18.8 Å². The fourth-order valence-electron chi connectivity index (χ4n) is 2.92. The van der Waals surface area contributed by atoms with Crippen molar-refractivity contribution < 1.29 is 13.3 Å². The first kappa shape index (κ1) is 17.4. The lowest BCUT2D eigenvalue weighted by molar-refractivity contribution is -0.384. The highest BCUT2D eigenvalue weighted by Gasteiger charge is 2.30. The van der Waals surface area contributed by atoms with E-state index in [1.165, 1.54) is 22.6 Å². The maximum absolute atomic E-state index is 12.8. The summed E-state index contributed by atoms with van der Waals surface area (Å²) in [6.45, 7) is 2.88. The third kappa shape index (κ3) is 3.64. The second kappa shape index (κ2) is 6.81. The molecule has 1 atom stereocenters. The van der Waals surface area contributed by atoms with Gasteiger partial charge >= 0.3 is 0 Å². The quantitative estimate of drug-likeness (QED) is 0.620. The van der Waals surface area contributed by atoms with Crippen molar-refractivity contribution in [1.82, 2.24) is 14.5 Å². The number of piperidine rings is 1. The normalized spacial score (nSPS) is 18.8. The van der Waals surface area contributed by atoms with Crippen molar-refractivity contribution in [3.63, 3.8) is 0 Å². The van der Waals surface area contributed by atoms with Crippen molar-refractivity contribution in [3.05, 3.63) is 40.7 Å². The zero-order chi connectivity index (χ0) is 18.0. The molecule has 1 aliphatic heterocycles. The van der Waals surface area contributed by atoms with Crippen molar-refractivity contribution in [2.45, 2.75) is 24.7 Å². The second-order valence-electron chi connectivity index (χ2n) is 6.16. The van der Waals surface area contributed by atoms with Crippen LogP contribution in [0.15, 0.2) is 35.5 Å². The van der Waals surface area contributed by atoms with Gasteiger partial charge in [-0.1, -0.05) is 6.92 Å². The predicted octanol–water partition coefficient (Wildman–Crippen LogP) is 2.48. The Hall–Kier alpha value is -2.46. The summed E-state index contributed by atoms with van der Waals surface area (Å²) in [5, 5.41) is 20.6. The number of nitro benzene ring substituents is 1. The van der Waals surface area contributed by atoms with Crippen LogP contribution >= 0.6 is 0 Å². The van der Waals surface area contributed by atoms with Gasteiger partial charge in [0.05, 0.1) is 21.7 Å². The van der Waals surface area contributed by atoms with Crippen LogP contribution in [-0.2, 0) is 10.0 Å². The molecule has 2 heterocycles. The van der Waals surface area contributed by atoms with Gasteiger partial charge in [-0.05, 0) is 30.9 Å². The molecular weight excluding hydrogens is 346 g/mol. The molecule has 1 aromatic carbocycles. The average molecular weight is 365 g/mol. The van der Waals surface area contributed by atoms with E-state index < -0.39 is 14.9 Å². The Balaban J connectivity index is 1.94. The van der Waals surface area contributed by atoms with Crippen LogP contribution in [0.3, 0.4) is 0 Å². The van der Waals surface area contributed by atoms with E-state index in [1.807, 2.05) is 6.92 Å². The van der Waals surface area contributed by atoms with E-state index in [-0.39, 0.29) is 22.2 Å². The smallest absolute Gasteiger partial charge is 0.294 e. The van der Waals surface area contributed by atoms with Crippen molar-refractivity contribution in [2.24, 2.45) is 5.92 Å². The molecule has 134 valence electrons. The summed E-state index contributed by atoms with van der Waals surface area (Å²) < 4.78 is 27.0. The van der Waals surface area contributed by atoms with Crippen molar-refractivity contribution >= 4 is 27.1 Å². The molecule has 2 aromatic rings. The minimum absolute atomic E-state index is 0.0638. The molecule has 0 bridgehead atoms. The molecule has 1 aliphatic rings. The van der Waals surface area contributed by atoms with Gasteiger partial charge in [0.15, 0.2) is 0 Å². The van der Waals surface area contributed by atoms with Crippen LogP contribution in [0.4, 0.5) is 17.1 Å². The van der Waals surface area contributed by atoms with Gasteiger partial charge < -0.3 is 5.32 Å². The highest BCUT2D eigenvalue weighted by atomic mass is 32.2. The van der Waals surface area contributed by atoms with Crippen molar-refractivity contribution in [2.75, 3.05) is 18.4 Å². The van der Waals surface area contributed by atoms with E-state index in [9.17, 15) is 18.5 Å². The van der Waals surface area contributed by atoms with Crippen molar-refractivity contribution in [1.29, 1.82) is 0 Å². The first-order valence-electron chi connectivity index (χ1n) is 7.92. The molecule has 0 unspecified atom stereocenters. The zero-order valence-corrected chi connectivity index (χ0v) is 14.5. The van der Waals surface area contributed by atoms with Gasteiger partial charge in [-0.25, -0.2) is 8.42 Å². The van der Waals surface area contributed by atoms with Gasteiger partial charge in [0.1, 0.15) is 5.69 Å². The van der Waals surface area contributed by atoms with Crippen LogP contribution in [-0.4, -0.2) is 40.9 Å². The number of anilines is 2.